The average molecular weight is 394 g/mol. The quantitative estimate of drug-likeness (QED) is 0.697. The van der Waals surface area contributed by atoms with Crippen molar-refractivity contribution in [2.45, 2.75) is 20.2 Å². The highest BCUT2D eigenvalue weighted by atomic mass is 35.5. The van der Waals surface area contributed by atoms with Crippen LogP contribution >= 0.6 is 23.2 Å². The number of aromatic nitrogens is 4. The Kier molecular flexibility index (Phi) is 5.49. The summed E-state index contributed by atoms with van der Waals surface area (Å²) < 4.78 is 8.80. The Balaban J connectivity index is 1.57. The number of carbonyl (C=O) groups excluding carboxylic acids is 1. The second-order valence-electron chi connectivity index (χ2n) is 5.66. The van der Waals surface area contributed by atoms with Crippen molar-refractivity contribution < 1.29 is 9.53 Å². The lowest BCUT2D eigenvalue weighted by Gasteiger charge is -2.08. The Hall–Kier alpha value is -2.51. The van der Waals surface area contributed by atoms with Crippen molar-refractivity contribution >= 4 is 29.1 Å². The van der Waals surface area contributed by atoms with Crippen LogP contribution in [0.4, 0.5) is 0 Å². The van der Waals surface area contributed by atoms with Crippen LogP contribution in [0.25, 0.3) is 0 Å². The van der Waals surface area contributed by atoms with Gasteiger partial charge < -0.3 is 10.1 Å². The van der Waals surface area contributed by atoms with E-state index in [0.29, 0.717) is 28.0 Å². The molecule has 2 heterocycles. The highest BCUT2D eigenvalue weighted by Crippen LogP contribution is 2.31. The third kappa shape index (κ3) is 4.17. The molecule has 0 atom stereocenters. The van der Waals surface area contributed by atoms with Crippen LogP contribution in [0.5, 0.6) is 5.75 Å². The van der Waals surface area contributed by atoms with Crippen molar-refractivity contribution in [1.29, 1.82) is 0 Å². The summed E-state index contributed by atoms with van der Waals surface area (Å²) in [6, 6.07) is 6.75. The smallest absolute Gasteiger partial charge is 0.272 e. The molecule has 3 rings (SSSR count). The van der Waals surface area contributed by atoms with Gasteiger partial charge in [-0.15, -0.1) is 0 Å². The second kappa shape index (κ2) is 7.80. The van der Waals surface area contributed by atoms with Crippen LogP contribution in [0.3, 0.4) is 0 Å². The minimum atomic E-state index is -0.271. The van der Waals surface area contributed by atoms with Gasteiger partial charge in [-0.1, -0.05) is 29.3 Å². The van der Waals surface area contributed by atoms with Crippen LogP contribution in [0.2, 0.25) is 10.0 Å². The van der Waals surface area contributed by atoms with Gasteiger partial charge in [0.25, 0.3) is 5.91 Å². The summed E-state index contributed by atoms with van der Waals surface area (Å²) in [7, 11) is 1.84. The number of aryl methyl sites for hydroxylation is 2. The molecule has 0 radical (unpaired) electrons. The summed E-state index contributed by atoms with van der Waals surface area (Å²) in [6.07, 6.45) is 3.53. The third-order valence-electron chi connectivity index (χ3n) is 3.70. The minimum absolute atomic E-state index is 0.106. The fourth-order valence-corrected chi connectivity index (χ4v) is 2.72. The fraction of sp³-hybridized carbons (Fsp3) is 0.235. The van der Waals surface area contributed by atoms with Crippen molar-refractivity contribution in [1.82, 2.24) is 24.9 Å². The standard InChI is InChI=1S/C17H17Cl2N5O2/c1-11-12(9-23(2)21-11)8-20-17(25)14-6-7-24(22-14)10-26-15-5-3-4-13(18)16(15)19/h3-7,9H,8,10H2,1-2H3,(H,20,25). The van der Waals surface area contributed by atoms with Crippen molar-refractivity contribution in [2.75, 3.05) is 0 Å². The first-order valence-corrected chi connectivity index (χ1v) is 8.57. The lowest BCUT2D eigenvalue weighted by atomic mass is 10.2. The van der Waals surface area contributed by atoms with E-state index in [-0.39, 0.29) is 12.6 Å². The molecule has 3 aromatic rings. The van der Waals surface area contributed by atoms with Gasteiger partial charge in [0, 0.05) is 31.5 Å². The molecule has 0 saturated heterocycles. The van der Waals surface area contributed by atoms with E-state index in [9.17, 15) is 4.79 Å². The Morgan fingerprint density at radius 3 is 2.81 bits per heavy atom. The van der Waals surface area contributed by atoms with Crippen LogP contribution in [-0.2, 0) is 20.3 Å². The van der Waals surface area contributed by atoms with Crippen LogP contribution in [0, 0.1) is 6.92 Å². The first-order chi connectivity index (χ1) is 12.4. The lowest BCUT2D eigenvalue weighted by molar-refractivity contribution is 0.0944. The number of hydrogen-bond donors (Lipinski definition) is 1. The molecule has 26 heavy (non-hydrogen) atoms. The largest absolute Gasteiger partial charge is 0.470 e. The van der Waals surface area contributed by atoms with Gasteiger partial charge in [-0.25, -0.2) is 4.68 Å². The summed E-state index contributed by atoms with van der Waals surface area (Å²) in [5.41, 5.74) is 2.14. The average Bonchev–Trinajstić information content (AvgIpc) is 3.20. The normalized spacial score (nSPS) is 10.8. The zero-order valence-corrected chi connectivity index (χ0v) is 15.8. The summed E-state index contributed by atoms with van der Waals surface area (Å²) in [5.74, 6) is 0.181. The Morgan fingerprint density at radius 2 is 2.08 bits per heavy atom. The number of rotatable bonds is 6. The fourth-order valence-electron chi connectivity index (χ4n) is 2.37. The van der Waals surface area contributed by atoms with Gasteiger partial charge in [0.1, 0.15) is 16.5 Å². The zero-order chi connectivity index (χ0) is 18.7. The van der Waals surface area contributed by atoms with Gasteiger partial charge in [-0.05, 0) is 25.1 Å². The summed E-state index contributed by atoms with van der Waals surface area (Å²) >= 11 is 12.0. The van der Waals surface area contributed by atoms with Crippen LogP contribution in [-0.4, -0.2) is 25.5 Å². The molecule has 0 spiro atoms. The molecule has 0 bridgehead atoms. The molecule has 0 aliphatic carbocycles. The van der Waals surface area contributed by atoms with Crippen LogP contribution in [0.1, 0.15) is 21.7 Å². The number of halogens is 2. The summed E-state index contributed by atoms with van der Waals surface area (Å²) in [5, 5.41) is 12.0. The predicted octanol–water partition coefficient (Wildman–Crippen LogP) is 3.20. The molecule has 0 fully saturated rings. The predicted molar refractivity (Wildman–Crippen MR) is 98.4 cm³/mol. The monoisotopic (exact) mass is 393 g/mol. The maximum atomic E-state index is 12.2. The number of hydrogen-bond acceptors (Lipinski definition) is 4. The molecule has 0 aliphatic heterocycles. The van der Waals surface area contributed by atoms with E-state index >= 15 is 0 Å². The van der Waals surface area contributed by atoms with Gasteiger partial charge in [0.15, 0.2) is 6.73 Å². The first kappa shape index (κ1) is 18.3. The van der Waals surface area contributed by atoms with E-state index in [1.165, 1.54) is 4.68 Å². The summed E-state index contributed by atoms with van der Waals surface area (Å²) in [6.45, 7) is 2.39. The maximum absolute atomic E-state index is 12.2. The van der Waals surface area contributed by atoms with Gasteiger partial charge in [-0.2, -0.15) is 10.2 Å². The van der Waals surface area contributed by atoms with Crippen molar-refractivity contribution in [3.05, 3.63) is 63.7 Å². The highest BCUT2D eigenvalue weighted by molar-refractivity contribution is 6.42. The Bertz CT molecular complexity index is 935. The number of ether oxygens (including phenoxy) is 1. The van der Waals surface area contributed by atoms with Crippen molar-refractivity contribution in [2.24, 2.45) is 7.05 Å². The molecule has 136 valence electrons. The molecule has 7 nitrogen and oxygen atoms in total. The molecule has 0 saturated carbocycles. The van der Waals surface area contributed by atoms with Crippen LogP contribution < -0.4 is 10.1 Å². The van der Waals surface area contributed by atoms with E-state index in [4.69, 9.17) is 27.9 Å². The van der Waals surface area contributed by atoms with E-state index in [1.807, 2.05) is 20.2 Å². The lowest BCUT2D eigenvalue weighted by Crippen LogP contribution is -2.23. The topological polar surface area (TPSA) is 74.0 Å². The second-order valence-corrected chi connectivity index (χ2v) is 6.45. The van der Waals surface area contributed by atoms with Crippen molar-refractivity contribution in [3.63, 3.8) is 0 Å². The molecule has 9 heteroatoms. The zero-order valence-electron chi connectivity index (χ0n) is 14.2. The van der Waals surface area contributed by atoms with Gasteiger partial charge in [0.05, 0.1) is 10.7 Å². The maximum Gasteiger partial charge on any atom is 0.272 e. The molecule has 1 amide bonds. The number of carbonyl (C=O) groups is 1. The highest BCUT2D eigenvalue weighted by Gasteiger charge is 2.12. The van der Waals surface area contributed by atoms with E-state index < -0.39 is 0 Å². The van der Waals surface area contributed by atoms with Gasteiger partial charge in [0.2, 0.25) is 0 Å². The third-order valence-corrected chi connectivity index (χ3v) is 4.50. The van der Waals surface area contributed by atoms with E-state index in [1.54, 1.807) is 35.1 Å². The summed E-state index contributed by atoms with van der Waals surface area (Å²) in [4.78, 5) is 12.2. The van der Waals surface area contributed by atoms with E-state index in [0.717, 1.165) is 11.3 Å². The van der Waals surface area contributed by atoms with Crippen LogP contribution in [0.15, 0.2) is 36.7 Å². The molecule has 1 N–H and O–H groups in total. The number of amides is 1. The molecule has 2 aromatic heterocycles. The first-order valence-electron chi connectivity index (χ1n) is 7.81. The molecule has 0 aliphatic rings. The number of nitrogens with zero attached hydrogens (tertiary/aromatic N) is 4. The molecule has 0 unspecified atom stereocenters. The SMILES string of the molecule is Cc1nn(C)cc1CNC(=O)c1ccn(COc2cccc(Cl)c2Cl)n1. The number of benzene rings is 1. The van der Waals surface area contributed by atoms with E-state index in [2.05, 4.69) is 15.5 Å². The Morgan fingerprint density at radius 1 is 1.27 bits per heavy atom. The molecular weight excluding hydrogens is 377 g/mol. The van der Waals surface area contributed by atoms with Gasteiger partial charge >= 0.3 is 0 Å². The molecule has 1 aromatic carbocycles. The Labute approximate surface area is 160 Å². The van der Waals surface area contributed by atoms with Gasteiger partial charge in [-0.3, -0.25) is 9.48 Å². The van der Waals surface area contributed by atoms with Crippen molar-refractivity contribution in [3.8, 4) is 5.75 Å². The molecular formula is C17H17Cl2N5O2. The number of nitrogens with one attached hydrogen (secondary N) is 1. The minimum Gasteiger partial charge on any atom is -0.470 e.